The quantitative estimate of drug-likeness (QED) is 0.786. The molecule has 2 rings (SSSR count). The minimum Gasteiger partial charge on any atom is -0.399 e. The molecule has 0 aromatic heterocycles. The van der Waals surface area contributed by atoms with Crippen LogP contribution in [0, 0.1) is 0 Å². The average Bonchev–Trinajstić information content (AvgIpc) is 2.33. The van der Waals surface area contributed by atoms with E-state index in [0.717, 1.165) is 6.07 Å². The van der Waals surface area contributed by atoms with Gasteiger partial charge >= 0.3 is 6.18 Å². The van der Waals surface area contributed by atoms with Crippen LogP contribution in [0.25, 0.3) is 0 Å². The van der Waals surface area contributed by atoms with Crippen molar-refractivity contribution in [2.75, 3.05) is 11.1 Å². The van der Waals surface area contributed by atoms with Gasteiger partial charge in [-0.2, -0.15) is 13.2 Å². The maximum atomic E-state index is 12.9. The van der Waals surface area contributed by atoms with Crippen LogP contribution in [0.3, 0.4) is 0 Å². The third-order valence-corrected chi connectivity index (χ3v) is 2.82. The lowest BCUT2D eigenvalue weighted by Gasteiger charge is -2.15. The third kappa shape index (κ3) is 3.12. The van der Waals surface area contributed by atoms with Crippen LogP contribution in [0.15, 0.2) is 42.5 Å². The molecule has 6 heteroatoms. The summed E-state index contributed by atoms with van der Waals surface area (Å²) < 4.78 is 38.7. The molecule has 19 heavy (non-hydrogen) atoms. The number of rotatable bonds is 2. The highest BCUT2D eigenvalue weighted by Crippen LogP contribution is 2.38. The highest BCUT2D eigenvalue weighted by atomic mass is 35.5. The standard InChI is InChI=1S/C13H10ClF3N2/c14-10-3-1-2-4-12(10)19-11-6-5-8(18)7-9(11)13(15,16)17/h1-7,19H,18H2. The number of halogens is 4. The van der Waals surface area contributed by atoms with Crippen LogP contribution in [-0.2, 0) is 6.18 Å². The molecule has 0 saturated carbocycles. The monoisotopic (exact) mass is 286 g/mol. The molecule has 0 fully saturated rings. The second-order valence-electron chi connectivity index (χ2n) is 3.91. The number of benzene rings is 2. The van der Waals surface area contributed by atoms with Crippen molar-refractivity contribution in [2.45, 2.75) is 6.18 Å². The van der Waals surface area contributed by atoms with E-state index in [4.69, 9.17) is 17.3 Å². The topological polar surface area (TPSA) is 38.0 Å². The van der Waals surface area contributed by atoms with Crippen LogP contribution < -0.4 is 11.1 Å². The first kappa shape index (κ1) is 13.5. The maximum absolute atomic E-state index is 12.9. The molecule has 0 aliphatic carbocycles. The predicted molar refractivity (Wildman–Crippen MR) is 70.6 cm³/mol. The lowest BCUT2D eigenvalue weighted by molar-refractivity contribution is -0.136. The summed E-state index contributed by atoms with van der Waals surface area (Å²) in [5, 5.41) is 3.01. The van der Waals surface area contributed by atoms with Crippen molar-refractivity contribution < 1.29 is 13.2 Å². The molecular formula is C13H10ClF3N2. The summed E-state index contributed by atoms with van der Waals surface area (Å²) >= 11 is 5.90. The second kappa shape index (κ2) is 5.01. The fourth-order valence-corrected chi connectivity index (χ4v) is 1.80. The number of para-hydroxylation sites is 1. The summed E-state index contributed by atoms with van der Waals surface area (Å²) in [6, 6.07) is 10.1. The van der Waals surface area contributed by atoms with E-state index in [1.165, 1.54) is 12.1 Å². The van der Waals surface area contributed by atoms with Gasteiger partial charge in [0.05, 0.1) is 22.0 Å². The van der Waals surface area contributed by atoms with E-state index in [-0.39, 0.29) is 11.4 Å². The Kier molecular flexibility index (Phi) is 3.57. The SMILES string of the molecule is Nc1ccc(Nc2ccccc2Cl)c(C(F)(F)F)c1. The summed E-state index contributed by atoms with van der Waals surface area (Å²) in [6.45, 7) is 0. The molecule has 0 bridgehead atoms. The number of hydrogen-bond acceptors (Lipinski definition) is 2. The molecule has 0 spiro atoms. The Morgan fingerprint density at radius 3 is 2.32 bits per heavy atom. The molecule has 3 N–H and O–H groups in total. The zero-order valence-electron chi connectivity index (χ0n) is 9.63. The number of nitrogens with one attached hydrogen (secondary N) is 1. The first-order chi connectivity index (χ1) is 8.88. The van der Waals surface area contributed by atoms with Crippen molar-refractivity contribution in [3.8, 4) is 0 Å². The largest absolute Gasteiger partial charge is 0.418 e. The zero-order valence-corrected chi connectivity index (χ0v) is 10.4. The summed E-state index contributed by atoms with van der Waals surface area (Å²) in [5.74, 6) is 0. The number of nitrogen functional groups attached to an aromatic ring is 1. The van der Waals surface area contributed by atoms with Crippen molar-refractivity contribution in [3.05, 3.63) is 53.1 Å². The highest BCUT2D eigenvalue weighted by molar-refractivity contribution is 6.33. The van der Waals surface area contributed by atoms with Gasteiger partial charge in [0.1, 0.15) is 0 Å². The zero-order chi connectivity index (χ0) is 14.0. The first-order valence-corrected chi connectivity index (χ1v) is 5.74. The Hall–Kier alpha value is -1.88. The minimum atomic E-state index is -4.49. The van der Waals surface area contributed by atoms with E-state index in [0.29, 0.717) is 10.7 Å². The number of anilines is 3. The van der Waals surface area contributed by atoms with Crippen LogP contribution in [0.4, 0.5) is 30.2 Å². The second-order valence-corrected chi connectivity index (χ2v) is 4.31. The van der Waals surface area contributed by atoms with Crippen molar-refractivity contribution in [3.63, 3.8) is 0 Å². The predicted octanol–water partition coefficient (Wildman–Crippen LogP) is 4.68. The van der Waals surface area contributed by atoms with Crippen LogP contribution in [0.1, 0.15) is 5.56 Å². The lowest BCUT2D eigenvalue weighted by Crippen LogP contribution is -2.09. The smallest absolute Gasteiger partial charge is 0.399 e. The fraction of sp³-hybridized carbons (Fsp3) is 0.0769. The van der Waals surface area contributed by atoms with Gasteiger partial charge in [-0.15, -0.1) is 0 Å². The van der Waals surface area contributed by atoms with Gasteiger partial charge in [-0.3, -0.25) is 0 Å². The Balaban J connectivity index is 2.44. The van der Waals surface area contributed by atoms with E-state index in [1.807, 2.05) is 0 Å². The highest BCUT2D eigenvalue weighted by Gasteiger charge is 2.33. The molecular weight excluding hydrogens is 277 g/mol. The molecule has 2 nitrogen and oxygen atoms in total. The molecule has 0 amide bonds. The molecule has 0 saturated heterocycles. The van der Waals surface area contributed by atoms with Gasteiger partial charge in [-0.05, 0) is 30.3 Å². The van der Waals surface area contributed by atoms with E-state index in [9.17, 15) is 13.2 Å². The third-order valence-electron chi connectivity index (χ3n) is 2.49. The van der Waals surface area contributed by atoms with Gasteiger partial charge in [-0.1, -0.05) is 23.7 Å². The molecule has 0 unspecified atom stereocenters. The minimum absolute atomic E-state index is 0.0528. The molecule has 2 aromatic carbocycles. The van der Waals surface area contributed by atoms with Crippen LogP contribution >= 0.6 is 11.6 Å². The van der Waals surface area contributed by atoms with Gasteiger partial charge in [-0.25, -0.2) is 0 Å². The van der Waals surface area contributed by atoms with Crippen molar-refractivity contribution in [1.29, 1.82) is 0 Å². The van der Waals surface area contributed by atoms with Crippen molar-refractivity contribution in [2.24, 2.45) is 0 Å². The van der Waals surface area contributed by atoms with Gasteiger partial charge < -0.3 is 11.1 Å². The number of nitrogens with two attached hydrogens (primary N) is 1. The van der Waals surface area contributed by atoms with E-state index < -0.39 is 11.7 Å². The fourth-order valence-electron chi connectivity index (χ4n) is 1.61. The van der Waals surface area contributed by atoms with Crippen LogP contribution in [0.2, 0.25) is 5.02 Å². The molecule has 0 heterocycles. The van der Waals surface area contributed by atoms with E-state index in [1.54, 1.807) is 24.3 Å². The number of hydrogen-bond donors (Lipinski definition) is 2. The molecule has 100 valence electrons. The molecule has 0 aliphatic heterocycles. The van der Waals surface area contributed by atoms with E-state index >= 15 is 0 Å². The van der Waals surface area contributed by atoms with Gasteiger partial charge in [0, 0.05) is 5.69 Å². The molecule has 0 aliphatic rings. The van der Waals surface area contributed by atoms with Crippen molar-refractivity contribution >= 4 is 28.7 Å². The number of alkyl halides is 3. The average molecular weight is 287 g/mol. The van der Waals surface area contributed by atoms with Gasteiger partial charge in [0.25, 0.3) is 0 Å². The van der Waals surface area contributed by atoms with Crippen LogP contribution in [0.5, 0.6) is 0 Å². The van der Waals surface area contributed by atoms with Gasteiger partial charge in [0.2, 0.25) is 0 Å². The molecule has 0 radical (unpaired) electrons. The summed E-state index contributed by atoms with van der Waals surface area (Å²) in [4.78, 5) is 0. The Bertz CT molecular complexity index is 597. The summed E-state index contributed by atoms with van der Waals surface area (Å²) in [5.41, 5.74) is 4.93. The molecule has 0 atom stereocenters. The van der Waals surface area contributed by atoms with Crippen molar-refractivity contribution in [1.82, 2.24) is 0 Å². The summed E-state index contributed by atoms with van der Waals surface area (Å²) in [6.07, 6.45) is -4.49. The van der Waals surface area contributed by atoms with Gasteiger partial charge in [0.15, 0.2) is 0 Å². The Morgan fingerprint density at radius 1 is 1.00 bits per heavy atom. The maximum Gasteiger partial charge on any atom is 0.418 e. The molecule has 2 aromatic rings. The van der Waals surface area contributed by atoms with E-state index in [2.05, 4.69) is 5.32 Å². The normalized spacial score (nSPS) is 11.4. The van der Waals surface area contributed by atoms with Crippen LogP contribution in [-0.4, -0.2) is 0 Å². The lowest BCUT2D eigenvalue weighted by atomic mass is 10.1. The Labute approximate surface area is 113 Å². The first-order valence-electron chi connectivity index (χ1n) is 5.36. The summed E-state index contributed by atoms with van der Waals surface area (Å²) in [7, 11) is 0. The Morgan fingerprint density at radius 2 is 1.68 bits per heavy atom.